The van der Waals surface area contributed by atoms with Gasteiger partial charge in [0.25, 0.3) is 0 Å². The fraction of sp³-hybridized carbons (Fsp3) is 0.385. The average Bonchev–Trinajstić information content (AvgIpc) is 3.52. The molecule has 2 fully saturated rings. The van der Waals surface area contributed by atoms with Gasteiger partial charge in [-0.3, -0.25) is 14.3 Å². The van der Waals surface area contributed by atoms with Crippen molar-refractivity contribution in [3.05, 3.63) is 59.8 Å². The second-order valence-electron chi connectivity index (χ2n) is 9.73. The van der Waals surface area contributed by atoms with Crippen LogP contribution in [0.3, 0.4) is 0 Å². The number of aromatic nitrogens is 3. The largest absolute Gasteiger partial charge is 0.390 e. The lowest BCUT2D eigenvalue weighted by Crippen LogP contribution is -2.34. The van der Waals surface area contributed by atoms with Crippen molar-refractivity contribution in [2.75, 3.05) is 16.8 Å². The molecule has 3 aromatic rings. The number of rotatable bonds is 7. The van der Waals surface area contributed by atoms with E-state index in [1.807, 2.05) is 6.92 Å². The molecule has 3 heterocycles. The van der Waals surface area contributed by atoms with Crippen LogP contribution in [0.4, 0.5) is 15.9 Å². The van der Waals surface area contributed by atoms with E-state index in [0.717, 1.165) is 24.8 Å². The Hall–Kier alpha value is -3.59. The molecule has 1 aliphatic heterocycles. The van der Waals surface area contributed by atoms with E-state index in [2.05, 4.69) is 15.4 Å². The van der Waals surface area contributed by atoms with E-state index >= 15 is 0 Å². The number of hydrogen-bond acceptors (Lipinski definition) is 5. The Bertz CT molecular complexity index is 1300. The molecule has 1 aromatic carbocycles. The Labute approximate surface area is 202 Å². The van der Waals surface area contributed by atoms with E-state index in [9.17, 15) is 19.1 Å². The third kappa shape index (κ3) is 4.68. The number of amides is 2. The van der Waals surface area contributed by atoms with Gasteiger partial charge in [0.1, 0.15) is 11.6 Å². The predicted octanol–water partition coefficient (Wildman–Crippen LogP) is 3.45. The summed E-state index contributed by atoms with van der Waals surface area (Å²) in [7, 11) is 1.78. The predicted molar refractivity (Wildman–Crippen MR) is 129 cm³/mol. The van der Waals surface area contributed by atoms with Gasteiger partial charge < -0.3 is 15.3 Å². The first-order chi connectivity index (χ1) is 16.7. The van der Waals surface area contributed by atoms with E-state index < -0.39 is 5.82 Å². The molecule has 1 saturated heterocycles. The van der Waals surface area contributed by atoms with Gasteiger partial charge in [-0.15, -0.1) is 0 Å². The third-order valence-corrected chi connectivity index (χ3v) is 7.03. The molecule has 182 valence electrons. The average molecular weight is 478 g/mol. The topological polar surface area (TPSA) is 100 Å². The quantitative estimate of drug-likeness (QED) is 0.543. The SMILES string of the molecule is Cn1cc(-c2cc(F)cc(CC(=O)Nc3cc(N4CC[C@@](C)(C5CC5)C4=O)cc(CO)n3)c2)cn1. The lowest BCUT2D eigenvalue weighted by molar-refractivity contribution is -0.125. The maximum Gasteiger partial charge on any atom is 0.233 e. The van der Waals surface area contributed by atoms with Crippen LogP contribution < -0.4 is 10.2 Å². The van der Waals surface area contributed by atoms with Crippen LogP contribution in [-0.4, -0.2) is 38.2 Å². The van der Waals surface area contributed by atoms with Crippen molar-refractivity contribution >= 4 is 23.3 Å². The van der Waals surface area contributed by atoms with Gasteiger partial charge in [0.2, 0.25) is 11.8 Å². The number of aliphatic hydroxyl groups excluding tert-OH is 1. The third-order valence-electron chi connectivity index (χ3n) is 7.03. The first-order valence-electron chi connectivity index (χ1n) is 11.8. The lowest BCUT2D eigenvalue weighted by Gasteiger charge is -2.24. The van der Waals surface area contributed by atoms with Crippen molar-refractivity contribution < 1.29 is 19.1 Å². The van der Waals surface area contributed by atoms with Gasteiger partial charge >= 0.3 is 0 Å². The number of nitrogens with one attached hydrogen (secondary N) is 1. The van der Waals surface area contributed by atoms with E-state index in [4.69, 9.17) is 0 Å². The number of halogens is 1. The number of benzene rings is 1. The van der Waals surface area contributed by atoms with Crippen molar-refractivity contribution in [2.45, 2.75) is 39.2 Å². The van der Waals surface area contributed by atoms with E-state index in [0.29, 0.717) is 35.0 Å². The summed E-state index contributed by atoms with van der Waals surface area (Å²) in [6.45, 7) is 2.30. The van der Waals surface area contributed by atoms with E-state index in [1.165, 1.54) is 12.1 Å². The molecule has 1 aliphatic carbocycles. The first kappa shape index (κ1) is 23.2. The Balaban J connectivity index is 1.34. The van der Waals surface area contributed by atoms with Gasteiger partial charge in [-0.05, 0) is 54.5 Å². The number of aliphatic hydroxyl groups is 1. The van der Waals surface area contributed by atoms with Gasteiger partial charge in [-0.1, -0.05) is 13.0 Å². The molecule has 2 aliphatic rings. The molecular formula is C26H28FN5O3. The summed E-state index contributed by atoms with van der Waals surface area (Å²) in [5.74, 6) is -0.0654. The minimum absolute atomic E-state index is 0.0617. The summed E-state index contributed by atoms with van der Waals surface area (Å²) >= 11 is 0. The molecular weight excluding hydrogens is 449 g/mol. The molecule has 5 rings (SSSR count). The lowest BCUT2D eigenvalue weighted by atomic mass is 9.83. The fourth-order valence-electron chi connectivity index (χ4n) is 4.94. The van der Waals surface area contributed by atoms with Crippen LogP contribution in [0.15, 0.2) is 42.7 Å². The minimum Gasteiger partial charge on any atom is -0.390 e. The van der Waals surface area contributed by atoms with Crippen LogP contribution in [0, 0.1) is 17.2 Å². The zero-order valence-electron chi connectivity index (χ0n) is 19.8. The summed E-state index contributed by atoms with van der Waals surface area (Å²) in [6, 6.07) is 7.81. The Morgan fingerprint density at radius 1 is 1.23 bits per heavy atom. The van der Waals surface area contributed by atoms with Gasteiger partial charge in [-0.2, -0.15) is 5.10 Å². The Morgan fingerprint density at radius 3 is 2.71 bits per heavy atom. The molecule has 8 nitrogen and oxygen atoms in total. The molecule has 0 unspecified atom stereocenters. The summed E-state index contributed by atoms with van der Waals surface area (Å²) in [5.41, 5.74) is 2.51. The van der Waals surface area contributed by atoms with Crippen molar-refractivity contribution in [2.24, 2.45) is 18.4 Å². The van der Waals surface area contributed by atoms with E-state index in [-0.39, 0.29) is 36.1 Å². The molecule has 1 atom stereocenters. The van der Waals surface area contributed by atoms with Gasteiger partial charge in [-0.25, -0.2) is 9.37 Å². The second-order valence-corrected chi connectivity index (χ2v) is 9.73. The number of hydrogen-bond donors (Lipinski definition) is 2. The number of anilines is 2. The van der Waals surface area contributed by atoms with Crippen molar-refractivity contribution in [1.29, 1.82) is 0 Å². The standard InChI is InChI=1S/C26H28FN5O3/c1-26(19-3-4-19)5-6-32(25(26)35)22-11-21(15-33)29-23(12-22)30-24(34)9-16-7-17(10-20(27)8-16)18-13-28-31(2)14-18/h7-8,10-14,19,33H,3-6,9,15H2,1-2H3,(H,29,30,34)/t26-/m0/s1. The van der Waals surface area contributed by atoms with Crippen LogP contribution in [0.2, 0.25) is 0 Å². The highest BCUT2D eigenvalue weighted by Crippen LogP contribution is 2.52. The molecule has 9 heteroatoms. The maximum absolute atomic E-state index is 14.2. The van der Waals surface area contributed by atoms with Gasteiger partial charge in [0, 0.05) is 37.1 Å². The van der Waals surface area contributed by atoms with Gasteiger partial charge in [0.15, 0.2) is 0 Å². The van der Waals surface area contributed by atoms with Crippen molar-refractivity contribution in [1.82, 2.24) is 14.8 Å². The zero-order chi connectivity index (χ0) is 24.7. The van der Waals surface area contributed by atoms with Crippen molar-refractivity contribution in [3.8, 4) is 11.1 Å². The first-order valence-corrected chi connectivity index (χ1v) is 11.8. The summed E-state index contributed by atoms with van der Waals surface area (Å²) in [6.07, 6.45) is 6.30. The van der Waals surface area contributed by atoms with Crippen LogP contribution in [0.1, 0.15) is 37.4 Å². The molecule has 2 N–H and O–H groups in total. The maximum atomic E-state index is 14.2. The monoisotopic (exact) mass is 477 g/mol. The Morgan fingerprint density at radius 2 is 2.03 bits per heavy atom. The second kappa shape index (κ2) is 8.88. The molecule has 2 amide bonds. The molecule has 1 saturated carbocycles. The molecule has 0 radical (unpaired) electrons. The highest BCUT2D eigenvalue weighted by Gasteiger charge is 2.52. The number of aryl methyl sites for hydroxylation is 1. The summed E-state index contributed by atoms with van der Waals surface area (Å²) in [4.78, 5) is 32.0. The minimum atomic E-state index is -0.442. The van der Waals surface area contributed by atoms with Crippen LogP contribution >= 0.6 is 0 Å². The number of carbonyl (C=O) groups excluding carboxylic acids is 2. The highest BCUT2D eigenvalue weighted by atomic mass is 19.1. The smallest absolute Gasteiger partial charge is 0.233 e. The number of carbonyl (C=O) groups is 2. The van der Waals surface area contributed by atoms with Crippen LogP contribution in [-0.2, 0) is 29.7 Å². The van der Waals surface area contributed by atoms with E-state index in [1.54, 1.807) is 47.2 Å². The van der Waals surface area contributed by atoms with Crippen LogP contribution in [0.25, 0.3) is 11.1 Å². The molecule has 0 bridgehead atoms. The molecule has 0 spiro atoms. The highest BCUT2D eigenvalue weighted by molar-refractivity contribution is 6.01. The molecule has 2 aromatic heterocycles. The molecule has 35 heavy (non-hydrogen) atoms. The summed E-state index contributed by atoms with van der Waals surface area (Å²) < 4.78 is 15.9. The van der Waals surface area contributed by atoms with Crippen LogP contribution in [0.5, 0.6) is 0 Å². The number of pyridine rings is 1. The zero-order valence-corrected chi connectivity index (χ0v) is 19.8. The fourth-order valence-corrected chi connectivity index (χ4v) is 4.94. The summed E-state index contributed by atoms with van der Waals surface area (Å²) in [5, 5.41) is 16.6. The van der Waals surface area contributed by atoms with Gasteiger partial charge in [0.05, 0.1) is 30.3 Å². The Kier molecular flexibility index (Phi) is 5.88. The van der Waals surface area contributed by atoms with Crippen molar-refractivity contribution in [3.63, 3.8) is 0 Å². The normalized spacial score (nSPS) is 19.9. The number of nitrogens with zero attached hydrogens (tertiary/aromatic N) is 4.